The number of benzene rings is 1. The van der Waals surface area contributed by atoms with Crippen LogP contribution in [0.4, 0.5) is 4.79 Å². The molecular weight excluding hydrogens is 430 g/mol. The van der Waals surface area contributed by atoms with Crippen molar-refractivity contribution in [1.82, 2.24) is 15.5 Å². The van der Waals surface area contributed by atoms with E-state index in [1.165, 1.54) is 0 Å². The summed E-state index contributed by atoms with van der Waals surface area (Å²) in [6, 6.07) is 5.08. The zero-order chi connectivity index (χ0) is 26.3. The maximum atomic E-state index is 13.7. The average molecular weight is 476 g/mol. The van der Waals surface area contributed by atoms with E-state index in [1.807, 2.05) is 59.7 Å². The molecule has 0 saturated carbocycles. The van der Waals surface area contributed by atoms with Crippen molar-refractivity contribution in [2.75, 3.05) is 6.54 Å². The fourth-order valence-electron chi connectivity index (χ4n) is 3.83. The third-order valence-corrected chi connectivity index (χ3v) is 5.92. The molecule has 0 bridgehead atoms. The van der Waals surface area contributed by atoms with Gasteiger partial charge in [0.2, 0.25) is 11.8 Å². The second kappa shape index (κ2) is 12.2. The van der Waals surface area contributed by atoms with Crippen LogP contribution in [0.5, 0.6) is 0 Å². The number of alkyl carbamates (subject to hydrolysis) is 1. The van der Waals surface area contributed by atoms with Gasteiger partial charge in [0.05, 0.1) is 0 Å². The minimum atomic E-state index is -0.831. The Balaban J connectivity index is 3.45. The lowest BCUT2D eigenvalue weighted by Crippen LogP contribution is -2.56. The van der Waals surface area contributed by atoms with Gasteiger partial charge in [0.15, 0.2) is 0 Å². The Morgan fingerprint density at radius 2 is 1.68 bits per heavy atom. The molecule has 0 spiro atoms. The van der Waals surface area contributed by atoms with Crippen LogP contribution >= 0.6 is 0 Å². The van der Waals surface area contributed by atoms with Crippen molar-refractivity contribution < 1.29 is 19.1 Å². The second-order valence-electron chi connectivity index (χ2n) is 10.7. The maximum Gasteiger partial charge on any atom is 0.408 e. The summed E-state index contributed by atoms with van der Waals surface area (Å²) < 4.78 is 5.29. The number of hydrogen-bond acceptors (Lipinski definition) is 4. The van der Waals surface area contributed by atoms with Crippen molar-refractivity contribution in [3.8, 4) is 0 Å². The van der Waals surface area contributed by atoms with E-state index in [-0.39, 0.29) is 24.4 Å². The maximum absolute atomic E-state index is 13.7. The van der Waals surface area contributed by atoms with Gasteiger partial charge in [-0.2, -0.15) is 0 Å². The fourth-order valence-corrected chi connectivity index (χ4v) is 3.83. The zero-order valence-electron chi connectivity index (χ0n) is 22.8. The third kappa shape index (κ3) is 8.65. The van der Waals surface area contributed by atoms with Crippen LogP contribution in [-0.4, -0.2) is 46.5 Å². The summed E-state index contributed by atoms with van der Waals surface area (Å²) in [5.41, 5.74) is 1.41. The fraction of sp³-hybridized carbons (Fsp3) is 0.667. The van der Waals surface area contributed by atoms with E-state index in [1.54, 1.807) is 25.7 Å². The molecule has 0 radical (unpaired) electrons. The molecule has 34 heavy (non-hydrogen) atoms. The highest BCUT2D eigenvalue weighted by Gasteiger charge is 2.41. The SMILES string of the molecule is CCCC(C)NC(=O)C(c1cc(C)ccc1C)N(C(=O)CNC(=O)OC(C)(C)C)C(C)(C)CC. The Bertz CT molecular complexity index is 858. The Labute approximate surface area is 206 Å². The van der Waals surface area contributed by atoms with E-state index in [0.29, 0.717) is 6.42 Å². The van der Waals surface area contributed by atoms with Gasteiger partial charge in [-0.15, -0.1) is 0 Å². The molecule has 0 aromatic heterocycles. The summed E-state index contributed by atoms with van der Waals surface area (Å²) in [7, 11) is 0. The lowest BCUT2D eigenvalue weighted by atomic mass is 9.90. The Morgan fingerprint density at radius 1 is 1.06 bits per heavy atom. The van der Waals surface area contributed by atoms with Gasteiger partial charge in [-0.25, -0.2) is 4.79 Å². The number of amides is 3. The average Bonchev–Trinajstić information content (AvgIpc) is 2.70. The monoisotopic (exact) mass is 475 g/mol. The van der Waals surface area contributed by atoms with Crippen LogP contribution in [0.1, 0.15) is 97.4 Å². The summed E-state index contributed by atoms with van der Waals surface area (Å²) in [6.07, 6.45) is 1.75. The van der Waals surface area contributed by atoms with Crippen molar-refractivity contribution in [2.45, 2.75) is 112 Å². The quantitative estimate of drug-likeness (QED) is 0.487. The summed E-state index contributed by atoms with van der Waals surface area (Å²) in [6.45, 7) is 18.9. The minimum Gasteiger partial charge on any atom is -0.444 e. The van der Waals surface area contributed by atoms with Crippen molar-refractivity contribution in [2.24, 2.45) is 0 Å². The van der Waals surface area contributed by atoms with E-state index in [9.17, 15) is 14.4 Å². The summed E-state index contributed by atoms with van der Waals surface area (Å²) in [4.78, 5) is 41.2. The van der Waals surface area contributed by atoms with Gasteiger partial charge < -0.3 is 20.3 Å². The standard InChI is InChI=1S/C27H45N3O4/c1-11-13-20(5)29-24(32)23(21-16-18(3)14-15-19(21)4)30(27(9,10)12-2)22(31)17-28-25(33)34-26(6,7)8/h14-16,20,23H,11-13,17H2,1-10H3,(H,28,33)(H,29,32). The largest absolute Gasteiger partial charge is 0.444 e. The van der Waals surface area contributed by atoms with E-state index in [4.69, 9.17) is 4.74 Å². The highest BCUT2D eigenvalue weighted by Crippen LogP contribution is 2.33. The number of hydrogen-bond donors (Lipinski definition) is 2. The highest BCUT2D eigenvalue weighted by molar-refractivity contribution is 5.91. The first kappa shape index (κ1) is 29.5. The van der Waals surface area contributed by atoms with Crippen LogP contribution in [0.25, 0.3) is 0 Å². The van der Waals surface area contributed by atoms with Crippen LogP contribution in [-0.2, 0) is 14.3 Å². The molecule has 0 fully saturated rings. The number of carbonyl (C=O) groups is 3. The Morgan fingerprint density at radius 3 is 2.21 bits per heavy atom. The summed E-state index contributed by atoms with van der Waals surface area (Å²) >= 11 is 0. The summed E-state index contributed by atoms with van der Waals surface area (Å²) in [5.74, 6) is -0.566. The van der Waals surface area contributed by atoms with Crippen LogP contribution in [0.15, 0.2) is 18.2 Å². The molecule has 2 atom stereocenters. The molecule has 1 aromatic carbocycles. The lowest BCUT2D eigenvalue weighted by Gasteiger charge is -2.43. The third-order valence-electron chi connectivity index (χ3n) is 5.92. The van der Waals surface area contributed by atoms with Gasteiger partial charge in [-0.3, -0.25) is 9.59 Å². The number of ether oxygens (including phenoxy) is 1. The number of carbonyl (C=O) groups excluding carboxylic acids is 3. The van der Waals surface area contributed by atoms with Crippen LogP contribution in [0.2, 0.25) is 0 Å². The molecule has 2 unspecified atom stereocenters. The number of rotatable bonds is 10. The van der Waals surface area contributed by atoms with E-state index in [0.717, 1.165) is 29.5 Å². The smallest absolute Gasteiger partial charge is 0.408 e. The molecule has 7 heteroatoms. The van der Waals surface area contributed by atoms with Gasteiger partial charge in [0.1, 0.15) is 18.2 Å². The Kier molecular flexibility index (Phi) is 10.6. The van der Waals surface area contributed by atoms with Crippen LogP contribution in [0, 0.1) is 13.8 Å². The second-order valence-corrected chi connectivity index (χ2v) is 10.7. The van der Waals surface area contributed by atoms with Crippen molar-refractivity contribution >= 4 is 17.9 Å². The molecule has 2 N–H and O–H groups in total. The van der Waals surface area contributed by atoms with E-state index >= 15 is 0 Å². The molecule has 7 nitrogen and oxygen atoms in total. The molecule has 0 saturated heterocycles. The molecule has 0 aliphatic rings. The van der Waals surface area contributed by atoms with Crippen molar-refractivity contribution in [1.29, 1.82) is 0 Å². The minimum absolute atomic E-state index is 0.0216. The summed E-state index contributed by atoms with van der Waals surface area (Å²) in [5, 5.41) is 5.67. The molecule has 1 aromatic rings. The predicted octanol–water partition coefficient (Wildman–Crippen LogP) is 5.19. The van der Waals surface area contributed by atoms with E-state index in [2.05, 4.69) is 17.6 Å². The lowest BCUT2D eigenvalue weighted by molar-refractivity contribution is -0.147. The molecule has 0 heterocycles. The molecular formula is C27H45N3O4. The van der Waals surface area contributed by atoms with E-state index < -0.39 is 23.3 Å². The predicted molar refractivity (Wildman–Crippen MR) is 137 cm³/mol. The molecule has 0 aliphatic carbocycles. The molecule has 3 amide bonds. The first-order chi connectivity index (χ1) is 15.6. The van der Waals surface area contributed by atoms with Gasteiger partial charge >= 0.3 is 6.09 Å². The van der Waals surface area contributed by atoms with Gasteiger partial charge in [-0.1, -0.05) is 44.0 Å². The first-order valence-corrected chi connectivity index (χ1v) is 12.3. The zero-order valence-corrected chi connectivity index (χ0v) is 22.8. The van der Waals surface area contributed by atoms with Crippen LogP contribution < -0.4 is 10.6 Å². The molecule has 0 aliphatic heterocycles. The topological polar surface area (TPSA) is 87.7 Å². The number of nitrogens with zero attached hydrogens (tertiary/aromatic N) is 1. The normalized spacial score (nSPS) is 13.6. The Hall–Kier alpha value is -2.57. The van der Waals surface area contributed by atoms with Crippen LogP contribution in [0.3, 0.4) is 0 Å². The van der Waals surface area contributed by atoms with Gasteiger partial charge in [0.25, 0.3) is 0 Å². The number of nitrogens with one attached hydrogen (secondary N) is 2. The first-order valence-electron chi connectivity index (χ1n) is 12.3. The molecule has 1 rings (SSSR count). The van der Waals surface area contributed by atoms with Crippen molar-refractivity contribution in [3.63, 3.8) is 0 Å². The van der Waals surface area contributed by atoms with Gasteiger partial charge in [-0.05, 0) is 79.4 Å². The number of aryl methyl sites for hydroxylation is 2. The highest BCUT2D eigenvalue weighted by atomic mass is 16.6. The van der Waals surface area contributed by atoms with Gasteiger partial charge in [0, 0.05) is 11.6 Å². The van der Waals surface area contributed by atoms with Crippen molar-refractivity contribution in [3.05, 3.63) is 34.9 Å². The molecule has 192 valence electrons.